The molecule has 0 bridgehead atoms. The van der Waals surface area contributed by atoms with E-state index in [0.29, 0.717) is 10.8 Å². The number of phenols is 1. The third-order valence-electron chi connectivity index (χ3n) is 9.16. The Balaban J connectivity index is 0.000000299. The van der Waals surface area contributed by atoms with E-state index < -0.39 is 10.1 Å². The number of rotatable bonds is 13. The minimum absolute atomic E-state index is 0.113. The second-order valence-electron chi connectivity index (χ2n) is 11.9. The van der Waals surface area contributed by atoms with Gasteiger partial charge in [0.25, 0.3) is 10.1 Å². The van der Waals surface area contributed by atoms with E-state index in [0.717, 1.165) is 39.3 Å². The van der Waals surface area contributed by atoms with Crippen LogP contribution in [-0.4, -0.2) is 57.3 Å². The highest BCUT2D eigenvalue weighted by atomic mass is 32.2. The van der Waals surface area contributed by atoms with Crippen molar-refractivity contribution in [2.24, 2.45) is 0 Å². The zero-order valence-electron chi connectivity index (χ0n) is 29.7. The average molecular weight is 682 g/mol. The van der Waals surface area contributed by atoms with E-state index in [1.54, 1.807) is 6.07 Å². The number of anilines is 3. The van der Waals surface area contributed by atoms with Gasteiger partial charge in [0.1, 0.15) is 5.75 Å². The van der Waals surface area contributed by atoms with Crippen LogP contribution >= 0.6 is 0 Å². The van der Waals surface area contributed by atoms with E-state index in [1.807, 2.05) is 0 Å². The van der Waals surface area contributed by atoms with Crippen molar-refractivity contribution in [3.8, 4) is 5.75 Å². The van der Waals surface area contributed by atoms with Crippen molar-refractivity contribution in [1.29, 1.82) is 0 Å². The molecule has 8 heteroatoms. The summed E-state index contributed by atoms with van der Waals surface area (Å²) in [6.07, 6.45) is 0. The standard InChI is InChI=1S/C31H43N3.C10H8O4S/c1-7-32(8-2)28-19-13-25(14-20-28)31(26-15-21-29(22-16-26)33(9-3)10-4)27-17-23-30(24-18-27)34(11-5)12-6;11-9-3-1-8-6-10(15(12,13)14)4-2-7(8)5-9/h13-24,31H,7-12H2,1-6H3;1-6,11H,(H,12,13,14). The molecule has 0 fully saturated rings. The zero-order chi connectivity index (χ0) is 35.6. The van der Waals surface area contributed by atoms with Crippen molar-refractivity contribution in [2.45, 2.75) is 52.4 Å². The molecule has 260 valence electrons. The molecule has 0 radical (unpaired) electrons. The summed E-state index contributed by atoms with van der Waals surface area (Å²) >= 11 is 0. The van der Waals surface area contributed by atoms with Crippen LogP contribution in [0, 0.1) is 0 Å². The minimum atomic E-state index is -4.17. The Kier molecular flexibility index (Phi) is 13.1. The molecule has 7 nitrogen and oxygen atoms in total. The van der Waals surface area contributed by atoms with E-state index >= 15 is 0 Å². The van der Waals surface area contributed by atoms with Crippen LogP contribution in [0.1, 0.15) is 64.2 Å². The Morgan fingerprint density at radius 1 is 0.490 bits per heavy atom. The van der Waals surface area contributed by atoms with Crippen LogP contribution in [0.3, 0.4) is 0 Å². The normalized spacial score (nSPS) is 11.3. The molecule has 0 unspecified atom stereocenters. The maximum absolute atomic E-state index is 10.8. The van der Waals surface area contributed by atoms with Gasteiger partial charge in [-0.15, -0.1) is 0 Å². The first-order chi connectivity index (χ1) is 23.6. The fraction of sp³-hybridized carbons (Fsp3) is 0.317. The number of phenolic OH excluding ortho intramolecular Hbond substituents is 1. The van der Waals surface area contributed by atoms with Crippen LogP contribution in [0.15, 0.2) is 114 Å². The lowest BCUT2D eigenvalue weighted by Gasteiger charge is -2.25. The number of fused-ring (bicyclic) bond motifs is 1. The molecule has 2 N–H and O–H groups in total. The van der Waals surface area contributed by atoms with Gasteiger partial charge in [-0.3, -0.25) is 4.55 Å². The van der Waals surface area contributed by atoms with Gasteiger partial charge in [0, 0.05) is 62.2 Å². The summed E-state index contributed by atoms with van der Waals surface area (Å²) in [4.78, 5) is 7.05. The Hall–Kier alpha value is -4.53. The number of hydrogen-bond donors (Lipinski definition) is 2. The number of hydrogen-bond acceptors (Lipinski definition) is 6. The lowest BCUT2D eigenvalue weighted by atomic mass is 9.85. The van der Waals surface area contributed by atoms with E-state index in [1.165, 1.54) is 64.1 Å². The second kappa shape index (κ2) is 17.2. The Bertz CT molecular complexity index is 1730. The molecule has 0 aliphatic carbocycles. The van der Waals surface area contributed by atoms with Gasteiger partial charge in [-0.25, -0.2) is 0 Å². The highest BCUT2D eigenvalue weighted by Gasteiger charge is 2.18. The summed E-state index contributed by atoms with van der Waals surface area (Å²) in [6.45, 7) is 19.5. The largest absolute Gasteiger partial charge is 0.508 e. The summed E-state index contributed by atoms with van der Waals surface area (Å²) in [6, 6.07) is 36.3. The molecule has 5 aromatic carbocycles. The highest BCUT2D eigenvalue weighted by Crippen LogP contribution is 2.35. The van der Waals surface area contributed by atoms with Gasteiger partial charge in [-0.1, -0.05) is 48.5 Å². The van der Waals surface area contributed by atoms with Crippen LogP contribution < -0.4 is 14.7 Å². The Morgan fingerprint density at radius 3 is 1.14 bits per heavy atom. The molecule has 0 saturated heterocycles. The Labute approximate surface area is 293 Å². The SMILES string of the molecule is CCN(CC)c1ccc(C(c2ccc(N(CC)CC)cc2)c2ccc(N(CC)CC)cc2)cc1.O=S(=O)(O)c1ccc2cc(O)ccc2c1. The van der Waals surface area contributed by atoms with Crippen LogP contribution in [0.4, 0.5) is 17.1 Å². The third-order valence-corrected chi connectivity index (χ3v) is 10.0. The molecule has 0 aliphatic heterocycles. The van der Waals surface area contributed by atoms with Crippen LogP contribution in [-0.2, 0) is 10.1 Å². The van der Waals surface area contributed by atoms with Gasteiger partial charge < -0.3 is 19.8 Å². The van der Waals surface area contributed by atoms with Crippen LogP contribution in [0.5, 0.6) is 5.75 Å². The van der Waals surface area contributed by atoms with Gasteiger partial charge in [0.05, 0.1) is 4.90 Å². The third kappa shape index (κ3) is 9.34. The predicted octanol–water partition coefficient (Wildman–Crippen LogP) is 9.20. The van der Waals surface area contributed by atoms with Crippen molar-refractivity contribution >= 4 is 38.0 Å². The molecule has 0 heterocycles. The number of aromatic hydroxyl groups is 1. The van der Waals surface area contributed by atoms with E-state index in [4.69, 9.17) is 4.55 Å². The molecule has 0 amide bonds. The summed E-state index contributed by atoms with van der Waals surface area (Å²) in [5.41, 5.74) is 7.88. The van der Waals surface area contributed by atoms with Gasteiger partial charge in [-0.05, 0) is 130 Å². The summed E-state index contributed by atoms with van der Waals surface area (Å²) in [5, 5.41) is 10.5. The topological polar surface area (TPSA) is 84.3 Å². The lowest BCUT2D eigenvalue weighted by molar-refractivity contribution is 0.476. The maximum atomic E-state index is 10.8. The summed E-state index contributed by atoms with van der Waals surface area (Å²) in [5.74, 6) is 0.323. The van der Waals surface area contributed by atoms with Gasteiger partial charge in [0.2, 0.25) is 0 Å². The first-order valence-corrected chi connectivity index (χ1v) is 18.8. The summed E-state index contributed by atoms with van der Waals surface area (Å²) in [7, 11) is -4.17. The van der Waals surface area contributed by atoms with Crippen LogP contribution in [0.2, 0.25) is 0 Å². The molecule has 0 spiro atoms. The monoisotopic (exact) mass is 681 g/mol. The quantitative estimate of drug-likeness (QED) is 0.0947. The molecule has 0 aromatic heterocycles. The summed E-state index contributed by atoms with van der Waals surface area (Å²) < 4.78 is 30.5. The minimum Gasteiger partial charge on any atom is -0.508 e. The molecule has 5 rings (SSSR count). The fourth-order valence-corrected chi connectivity index (χ4v) is 6.86. The van der Waals surface area contributed by atoms with Gasteiger partial charge in [-0.2, -0.15) is 8.42 Å². The molecular formula is C41H51N3O4S. The van der Waals surface area contributed by atoms with Crippen molar-refractivity contribution in [3.05, 3.63) is 126 Å². The maximum Gasteiger partial charge on any atom is 0.294 e. The van der Waals surface area contributed by atoms with E-state index in [2.05, 4.69) is 129 Å². The van der Waals surface area contributed by atoms with Crippen molar-refractivity contribution in [3.63, 3.8) is 0 Å². The number of nitrogens with zero attached hydrogens (tertiary/aromatic N) is 3. The number of benzene rings is 5. The molecule has 0 saturated carbocycles. The van der Waals surface area contributed by atoms with E-state index in [-0.39, 0.29) is 16.6 Å². The smallest absolute Gasteiger partial charge is 0.294 e. The van der Waals surface area contributed by atoms with Gasteiger partial charge >= 0.3 is 0 Å². The van der Waals surface area contributed by atoms with Gasteiger partial charge in [0.15, 0.2) is 0 Å². The average Bonchev–Trinajstić information content (AvgIpc) is 3.11. The zero-order valence-corrected chi connectivity index (χ0v) is 30.5. The predicted molar refractivity (Wildman–Crippen MR) is 206 cm³/mol. The molecule has 0 atom stereocenters. The first-order valence-electron chi connectivity index (χ1n) is 17.3. The Morgan fingerprint density at radius 2 is 0.816 bits per heavy atom. The molecule has 5 aromatic rings. The van der Waals surface area contributed by atoms with Crippen molar-refractivity contribution < 1.29 is 18.1 Å². The second-order valence-corrected chi connectivity index (χ2v) is 13.3. The fourth-order valence-electron chi connectivity index (χ4n) is 6.35. The molecular weight excluding hydrogens is 631 g/mol. The van der Waals surface area contributed by atoms with Crippen LogP contribution in [0.25, 0.3) is 10.8 Å². The lowest BCUT2D eigenvalue weighted by Crippen LogP contribution is -2.22. The molecule has 49 heavy (non-hydrogen) atoms. The first kappa shape index (κ1) is 37.3. The van der Waals surface area contributed by atoms with Crippen molar-refractivity contribution in [1.82, 2.24) is 0 Å². The van der Waals surface area contributed by atoms with Crippen molar-refractivity contribution in [2.75, 3.05) is 54.0 Å². The van der Waals surface area contributed by atoms with E-state index in [9.17, 15) is 13.5 Å². The molecule has 0 aliphatic rings. The highest BCUT2D eigenvalue weighted by molar-refractivity contribution is 7.85.